The van der Waals surface area contributed by atoms with E-state index in [2.05, 4.69) is 182 Å². The van der Waals surface area contributed by atoms with Gasteiger partial charge in [-0.25, -0.2) is 15.0 Å². The first kappa shape index (κ1) is 33.2. The lowest BCUT2D eigenvalue weighted by atomic mass is 9.82. The van der Waals surface area contributed by atoms with Crippen molar-refractivity contribution >= 4 is 38.5 Å². The van der Waals surface area contributed by atoms with Gasteiger partial charge in [-0.3, -0.25) is 0 Å². The smallest absolute Gasteiger partial charge is 0.165 e. The van der Waals surface area contributed by atoms with Crippen LogP contribution in [-0.2, 0) is 6.42 Å². The second-order valence-corrected chi connectivity index (χ2v) is 15.1. The molecule has 2 atom stereocenters. The maximum atomic E-state index is 6.59. The van der Waals surface area contributed by atoms with Crippen molar-refractivity contribution in [2.24, 2.45) is 11.8 Å². The zero-order chi connectivity index (χ0) is 37.7. The number of aromatic nitrogens is 3. The molecular formula is C53H37N3O. The van der Waals surface area contributed by atoms with Crippen LogP contribution in [0.5, 0.6) is 0 Å². The number of furan rings is 1. The first-order valence-electron chi connectivity index (χ1n) is 19.7. The first-order valence-corrected chi connectivity index (χ1v) is 19.7. The zero-order valence-corrected chi connectivity index (χ0v) is 31.2. The molecular weight excluding hydrogens is 695 g/mol. The van der Waals surface area contributed by atoms with E-state index in [4.69, 9.17) is 19.4 Å². The van der Waals surface area contributed by atoms with E-state index < -0.39 is 0 Å². The number of nitrogens with zero attached hydrogens (tertiary/aromatic N) is 3. The third-order valence-electron chi connectivity index (χ3n) is 11.6. The maximum Gasteiger partial charge on any atom is 0.165 e. The molecule has 0 radical (unpaired) electrons. The Morgan fingerprint density at radius 1 is 0.474 bits per heavy atom. The van der Waals surface area contributed by atoms with Crippen molar-refractivity contribution in [1.82, 2.24) is 15.0 Å². The van der Waals surface area contributed by atoms with Gasteiger partial charge in [0, 0.05) is 45.9 Å². The number of aryl methyl sites for hydroxylation is 1. The minimum Gasteiger partial charge on any atom is -0.460 e. The Bertz CT molecular complexity index is 3020. The SMILES string of the molecule is C1=CC2C=CC(c3nc(C4=C(c5cccc(-c6ccccc6)c5)CCc5oc6ccccc6c54)nc(-c4ccc5cc(-c6ccccc6)ccc5c4)n3)=CC2C=C1. The van der Waals surface area contributed by atoms with Crippen LogP contribution in [-0.4, -0.2) is 15.0 Å². The molecule has 4 heteroatoms. The molecule has 0 saturated heterocycles. The van der Waals surface area contributed by atoms with E-state index in [1.165, 1.54) is 33.2 Å². The highest BCUT2D eigenvalue weighted by molar-refractivity contribution is 6.07. The molecule has 0 N–H and O–H groups in total. The highest BCUT2D eigenvalue weighted by Crippen LogP contribution is 2.45. The number of rotatable bonds is 6. The van der Waals surface area contributed by atoms with Gasteiger partial charge >= 0.3 is 0 Å². The summed E-state index contributed by atoms with van der Waals surface area (Å²) in [5.74, 6) is 3.49. The Labute approximate surface area is 331 Å². The van der Waals surface area contributed by atoms with Crippen molar-refractivity contribution in [3.8, 4) is 33.6 Å². The minimum absolute atomic E-state index is 0.243. The molecule has 3 aliphatic carbocycles. The van der Waals surface area contributed by atoms with Crippen LogP contribution in [0.2, 0.25) is 0 Å². The third-order valence-corrected chi connectivity index (χ3v) is 11.6. The van der Waals surface area contributed by atoms with Gasteiger partial charge in [-0.15, -0.1) is 0 Å². The van der Waals surface area contributed by atoms with Crippen molar-refractivity contribution in [3.63, 3.8) is 0 Å². The summed E-state index contributed by atoms with van der Waals surface area (Å²) >= 11 is 0. The van der Waals surface area contributed by atoms with Crippen molar-refractivity contribution in [2.45, 2.75) is 12.8 Å². The summed E-state index contributed by atoms with van der Waals surface area (Å²) in [6.45, 7) is 0. The van der Waals surface area contributed by atoms with Gasteiger partial charge in [0.15, 0.2) is 17.5 Å². The van der Waals surface area contributed by atoms with Crippen LogP contribution < -0.4 is 0 Å². The minimum atomic E-state index is 0.243. The van der Waals surface area contributed by atoms with E-state index >= 15 is 0 Å². The molecule has 4 nitrogen and oxygen atoms in total. The van der Waals surface area contributed by atoms with Crippen LogP contribution in [0.1, 0.15) is 35.0 Å². The summed E-state index contributed by atoms with van der Waals surface area (Å²) in [5, 5.41) is 3.37. The van der Waals surface area contributed by atoms with Crippen LogP contribution in [0.3, 0.4) is 0 Å². The van der Waals surface area contributed by atoms with E-state index in [1.807, 2.05) is 6.07 Å². The predicted octanol–water partition coefficient (Wildman–Crippen LogP) is 13.0. The fourth-order valence-electron chi connectivity index (χ4n) is 8.68. The highest BCUT2D eigenvalue weighted by Gasteiger charge is 2.30. The molecule has 57 heavy (non-hydrogen) atoms. The highest BCUT2D eigenvalue weighted by atomic mass is 16.3. The molecule has 3 aliphatic rings. The van der Waals surface area contributed by atoms with E-state index in [1.54, 1.807) is 0 Å². The molecule has 2 heterocycles. The molecule has 11 rings (SSSR count). The Morgan fingerprint density at radius 2 is 1.11 bits per heavy atom. The monoisotopic (exact) mass is 731 g/mol. The zero-order valence-electron chi connectivity index (χ0n) is 31.2. The van der Waals surface area contributed by atoms with Gasteiger partial charge in [-0.05, 0) is 74.8 Å². The van der Waals surface area contributed by atoms with Gasteiger partial charge in [-0.2, -0.15) is 0 Å². The number of para-hydroxylation sites is 1. The summed E-state index contributed by atoms with van der Waals surface area (Å²) < 4.78 is 6.59. The Hall–Kier alpha value is -7.17. The van der Waals surface area contributed by atoms with Crippen molar-refractivity contribution in [1.29, 1.82) is 0 Å². The van der Waals surface area contributed by atoms with E-state index in [-0.39, 0.29) is 5.92 Å². The quantitative estimate of drug-likeness (QED) is 0.171. The van der Waals surface area contributed by atoms with Crippen LogP contribution in [0.15, 0.2) is 193 Å². The standard InChI is InChI=1S/C53H37N3O/c1-3-12-34(13-4-1)38-18-11-19-42(31-38)45-28-29-48-49(46-20-9-10-21-47(46)57-48)50(45)53-55-51(43-26-22-36-16-7-8-17-37(36)32-43)54-52(56-53)44-27-25-40-30-39(23-24-41(40)33-44)35-14-5-2-6-15-35/h1-27,30-33,36-37H,28-29H2. The Kier molecular flexibility index (Phi) is 8.06. The lowest BCUT2D eigenvalue weighted by Crippen LogP contribution is -2.14. The summed E-state index contributed by atoms with van der Waals surface area (Å²) in [4.78, 5) is 16.1. The molecule has 8 aromatic rings. The van der Waals surface area contributed by atoms with Crippen molar-refractivity contribution in [3.05, 3.63) is 217 Å². The number of benzene rings is 6. The molecule has 2 unspecified atom stereocenters. The normalized spacial score (nSPS) is 17.2. The summed E-state index contributed by atoms with van der Waals surface area (Å²) in [6, 6.07) is 51.5. The number of allylic oxidation sites excluding steroid dienone is 9. The molecule has 270 valence electrons. The fraction of sp³-hybridized carbons (Fsp3) is 0.0755. The van der Waals surface area contributed by atoms with Crippen molar-refractivity contribution in [2.75, 3.05) is 0 Å². The number of hydrogen-bond acceptors (Lipinski definition) is 4. The second-order valence-electron chi connectivity index (χ2n) is 15.1. The van der Waals surface area contributed by atoms with Crippen LogP contribution in [0, 0.1) is 11.8 Å². The van der Waals surface area contributed by atoms with Gasteiger partial charge in [0.05, 0.1) is 0 Å². The largest absolute Gasteiger partial charge is 0.460 e. The number of fused-ring (bicyclic) bond motifs is 5. The number of hydrogen-bond donors (Lipinski definition) is 0. The van der Waals surface area contributed by atoms with E-state index in [0.717, 1.165) is 62.8 Å². The average Bonchev–Trinajstić information content (AvgIpc) is 3.67. The lowest BCUT2D eigenvalue weighted by Gasteiger charge is -2.24. The van der Waals surface area contributed by atoms with Gasteiger partial charge < -0.3 is 4.42 Å². The van der Waals surface area contributed by atoms with Gasteiger partial charge in [0.1, 0.15) is 11.3 Å². The van der Waals surface area contributed by atoms with Crippen LogP contribution in [0.25, 0.3) is 72.1 Å². The van der Waals surface area contributed by atoms with E-state index in [0.29, 0.717) is 23.4 Å². The van der Waals surface area contributed by atoms with Crippen molar-refractivity contribution < 1.29 is 4.42 Å². The molecule has 0 saturated carbocycles. The fourth-order valence-corrected chi connectivity index (χ4v) is 8.68. The summed E-state index contributed by atoms with van der Waals surface area (Å²) in [6.07, 6.45) is 17.1. The third kappa shape index (κ3) is 6.07. The Morgan fingerprint density at radius 3 is 1.91 bits per heavy atom. The topological polar surface area (TPSA) is 51.8 Å². The summed E-state index contributed by atoms with van der Waals surface area (Å²) in [7, 11) is 0. The summed E-state index contributed by atoms with van der Waals surface area (Å²) in [5.41, 5.74) is 12.0. The molecule has 0 aliphatic heterocycles. The molecule has 0 spiro atoms. The molecule has 0 fully saturated rings. The van der Waals surface area contributed by atoms with Crippen LogP contribution >= 0.6 is 0 Å². The Balaban J connectivity index is 1.13. The predicted molar refractivity (Wildman–Crippen MR) is 233 cm³/mol. The maximum absolute atomic E-state index is 6.59. The van der Waals surface area contributed by atoms with E-state index in [9.17, 15) is 0 Å². The molecule has 0 bridgehead atoms. The first-order chi connectivity index (χ1) is 28.2. The lowest BCUT2D eigenvalue weighted by molar-refractivity contribution is 0.547. The molecule has 0 amide bonds. The molecule has 2 aromatic heterocycles. The van der Waals surface area contributed by atoms with Gasteiger partial charge in [0.25, 0.3) is 0 Å². The van der Waals surface area contributed by atoms with Gasteiger partial charge in [0.2, 0.25) is 0 Å². The second kappa shape index (κ2) is 13.8. The molecule has 6 aromatic carbocycles. The van der Waals surface area contributed by atoms with Gasteiger partial charge in [-0.1, -0.05) is 164 Å². The van der Waals surface area contributed by atoms with Crippen LogP contribution in [0.4, 0.5) is 0 Å². The average molecular weight is 732 g/mol.